The number of aliphatic imine (C=N–C) groups is 1. The third-order valence-corrected chi connectivity index (χ3v) is 6.15. The maximum absolute atomic E-state index is 12.0. The Morgan fingerprint density at radius 1 is 0.966 bits per heavy atom. The molecule has 0 radical (unpaired) electrons. The molecule has 0 heterocycles. The summed E-state index contributed by atoms with van der Waals surface area (Å²) < 4.78 is 0.280. The number of carbonyl (C=O) groups excluding carboxylic acids is 1. The van der Waals surface area contributed by atoms with Crippen LogP contribution in [0.4, 0.5) is 0 Å². The van der Waals surface area contributed by atoms with E-state index in [9.17, 15) is 4.79 Å². The number of benzene rings is 2. The molecule has 5 nitrogen and oxygen atoms in total. The summed E-state index contributed by atoms with van der Waals surface area (Å²) in [5, 5.41) is 9.72. The van der Waals surface area contributed by atoms with Crippen molar-refractivity contribution in [1.29, 1.82) is 0 Å². The molecule has 0 atom stereocenters. The number of guanidine groups is 1. The van der Waals surface area contributed by atoms with Crippen molar-refractivity contribution in [2.45, 2.75) is 28.9 Å². The molecule has 1 aliphatic carbocycles. The number of hydrogen-bond acceptors (Lipinski definition) is 3. The molecular weight excluding hydrogens is 495 g/mol. The van der Waals surface area contributed by atoms with E-state index >= 15 is 0 Å². The van der Waals surface area contributed by atoms with Gasteiger partial charge in [-0.3, -0.25) is 9.79 Å². The third kappa shape index (κ3) is 7.89. The highest BCUT2D eigenvalue weighted by Crippen LogP contribution is 2.51. The second-order valence-corrected chi connectivity index (χ2v) is 8.47. The second kappa shape index (κ2) is 12.1. The van der Waals surface area contributed by atoms with Crippen molar-refractivity contribution in [2.75, 3.05) is 26.7 Å². The van der Waals surface area contributed by atoms with Crippen LogP contribution in [0.25, 0.3) is 0 Å². The fourth-order valence-corrected chi connectivity index (χ4v) is 4.09. The first kappa shape index (κ1) is 23.5. The summed E-state index contributed by atoms with van der Waals surface area (Å²) in [6, 6.07) is 19.8. The number of halogens is 1. The van der Waals surface area contributed by atoms with E-state index in [1.54, 1.807) is 7.05 Å². The summed E-state index contributed by atoms with van der Waals surface area (Å²) in [5.74, 6) is 0.783. The molecule has 156 valence electrons. The molecule has 3 rings (SSSR count). The van der Waals surface area contributed by atoms with Gasteiger partial charge in [0.2, 0.25) is 0 Å². The van der Waals surface area contributed by atoms with Gasteiger partial charge in [0.15, 0.2) is 5.96 Å². The van der Waals surface area contributed by atoms with Crippen LogP contribution in [0.1, 0.15) is 29.6 Å². The summed E-state index contributed by atoms with van der Waals surface area (Å²) in [6.07, 6.45) is 3.29. The fraction of sp³-hybridized carbons (Fsp3) is 0.364. The van der Waals surface area contributed by atoms with Crippen molar-refractivity contribution in [3.05, 3.63) is 66.2 Å². The zero-order chi connectivity index (χ0) is 19.7. The standard InChI is InChI=1S/C22H28N4OS.HI/c1-23-21(25-16-8-15-24-20(27)18-9-4-2-5-10-18)26-17-22(13-14-22)28-19-11-6-3-7-12-19;/h2-7,9-12H,8,13-17H2,1H3,(H,24,27)(H2,23,25,26);1H. The van der Waals surface area contributed by atoms with Crippen LogP contribution < -0.4 is 16.0 Å². The molecule has 29 heavy (non-hydrogen) atoms. The van der Waals surface area contributed by atoms with E-state index in [1.807, 2.05) is 42.1 Å². The molecule has 7 heteroatoms. The van der Waals surface area contributed by atoms with Gasteiger partial charge in [-0.05, 0) is 43.5 Å². The number of carbonyl (C=O) groups is 1. The summed E-state index contributed by atoms with van der Waals surface area (Å²) in [6.45, 7) is 2.29. The van der Waals surface area contributed by atoms with Gasteiger partial charge in [-0.15, -0.1) is 35.7 Å². The molecular formula is C22H29IN4OS. The number of hydrogen-bond donors (Lipinski definition) is 3. The predicted octanol–water partition coefficient (Wildman–Crippen LogP) is 3.91. The van der Waals surface area contributed by atoms with Gasteiger partial charge >= 0.3 is 0 Å². The molecule has 0 bridgehead atoms. The van der Waals surface area contributed by atoms with Crippen LogP contribution in [0.5, 0.6) is 0 Å². The minimum absolute atomic E-state index is 0. The van der Waals surface area contributed by atoms with E-state index in [2.05, 4.69) is 51.3 Å². The first-order valence-corrected chi connectivity index (χ1v) is 10.5. The third-order valence-electron chi connectivity index (χ3n) is 4.65. The summed E-state index contributed by atoms with van der Waals surface area (Å²) in [7, 11) is 1.79. The van der Waals surface area contributed by atoms with Gasteiger partial charge in [0, 0.05) is 41.9 Å². The molecule has 2 aromatic carbocycles. The molecule has 1 amide bonds. The lowest BCUT2D eigenvalue weighted by Gasteiger charge is -2.18. The van der Waals surface area contributed by atoms with E-state index in [-0.39, 0.29) is 34.6 Å². The first-order chi connectivity index (χ1) is 13.7. The summed E-state index contributed by atoms with van der Waals surface area (Å²) in [4.78, 5) is 17.6. The van der Waals surface area contributed by atoms with Crippen LogP contribution in [-0.4, -0.2) is 43.3 Å². The Morgan fingerprint density at radius 2 is 1.59 bits per heavy atom. The van der Waals surface area contributed by atoms with Gasteiger partial charge in [0.25, 0.3) is 5.91 Å². The summed E-state index contributed by atoms with van der Waals surface area (Å²) >= 11 is 1.95. The van der Waals surface area contributed by atoms with Crippen LogP contribution in [0.2, 0.25) is 0 Å². The van der Waals surface area contributed by atoms with Crippen LogP contribution in [0, 0.1) is 0 Å². The topological polar surface area (TPSA) is 65.5 Å². The Bertz CT molecular complexity index is 782. The maximum atomic E-state index is 12.0. The average molecular weight is 524 g/mol. The Balaban J connectivity index is 0.00000300. The highest BCUT2D eigenvalue weighted by Gasteiger charge is 2.43. The van der Waals surface area contributed by atoms with Gasteiger partial charge in [0.05, 0.1) is 0 Å². The second-order valence-electron chi connectivity index (χ2n) is 6.93. The van der Waals surface area contributed by atoms with Crippen LogP contribution >= 0.6 is 35.7 Å². The number of rotatable bonds is 9. The molecule has 0 spiro atoms. The van der Waals surface area contributed by atoms with Crippen LogP contribution in [0.15, 0.2) is 70.6 Å². The smallest absolute Gasteiger partial charge is 0.251 e. The Kier molecular flexibility index (Phi) is 9.80. The molecule has 2 aromatic rings. The average Bonchev–Trinajstić information content (AvgIpc) is 3.50. The molecule has 3 N–H and O–H groups in total. The minimum atomic E-state index is -0.0308. The van der Waals surface area contributed by atoms with Crippen molar-refractivity contribution in [2.24, 2.45) is 4.99 Å². The minimum Gasteiger partial charge on any atom is -0.356 e. The first-order valence-electron chi connectivity index (χ1n) is 9.73. The maximum Gasteiger partial charge on any atom is 0.251 e. The van der Waals surface area contributed by atoms with E-state index in [0.29, 0.717) is 12.1 Å². The Hall–Kier alpha value is -1.74. The van der Waals surface area contributed by atoms with Gasteiger partial charge in [-0.1, -0.05) is 36.4 Å². The van der Waals surface area contributed by atoms with Crippen molar-refractivity contribution in [1.82, 2.24) is 16.0 Å². The van der Waals surface area contributed by atoms with Gasteiger partial charge in [0.1, 0.15) is 0 Å². The van der Waals surface area contributed by atoms with E-state index in [1.165, 1.54) is 17.7 Å². The summed E-state index contributed by atoms with van der Waals surface area (Å²) in [5.41, 5.74) is 0.693. The molecule has 0 unspecified atom stereocenters. The van der Waals surface area contributed by atoms with Gasteiger partial charge in [-0.2, -0.15) is 0 Å². The molecule has 0 saturated heterocycles. The molecule has 0 aliphatic heterocycles. The van der Waals surface area contributed by atoms with Gasteiger partial charge in [-0.25, -0.2) is 0 Å². The number of nitrogens with zero attached hydrogens (tertiary/aromatic N) is 1. The van der Waals surface area contributed by atoms with Crippen molar-refractivity contribution < 1.29 is 4.79 Å². The quantitative estimate of drug-likeness (QED) is 0.202. The van der Waals surface area contributed by atoms with Crippen molar-refractivity contribution in [3.8, 4) is 0 Å². The predicted molar refractivity (Wildman–Crippen MR) is 132 cm³/mol. The van der Waals surface area contributed by atoms with E-state index < -0.39 is 0 Å². The zero-order valence-corrected chi connectivity index (χ0v) is 19.8. The SMILES string of the molecule is CN=C(NCCCNC(=O)c1ccccc1)NCC1(Sc2ccccc2)CC1.I. The molecule has 1 fully saturated rings. The Labute approximate surface area is 194 Å². The lowest BCUT2D eigenvalue weighted by molar-refractivity contribution is 0.0953. The van der Waals surface area contributed by atoms with Gasteiger partial charge < -0.3 is 16.0 Å². The van der Waals surface area contributed by atoms with E-state index in [4.69, 9.17) is 0 Å². The lowest BCUT2D eigenvalue weighted by atomic mass is 10.2. The highest BCUT2D eigenvalue weighted by molar-refractivity contribution is 14.0. The fourth-order valence-electron chi connectivity index (χ4n) is 2.85. The zero-order valence-electron chi connectivity index (χ0n) is 16.7. The molecule has 0 aromatic heterocycles. The van der Waals surface area contributed by atoms with Crippen molar-refractivity contribution in [3.63, 3.8) is 0 Å². The lowest BCUT2D eigenvalue weighted by Crippen LogP contribution is -2.42. The molecule has 1 aliphatic rings. The van der Waals surface area contributed by atoms with Crippen molar-refractivity contribution >= 4 is 47.6 Å². The number of amides is 1. The van der Waals surface area contributed by atoms with E-state index in [0.717, 1.165) is 25.5 Å². The largest absolute Gasteiger partial charge is 0.356 e. The monoisotopic (exact) mass is 524 g/mol. The number of thioether (sulfide) groups is 1. The van der Waals surface area contributed by atoms with Crippen LogP contribution in [-0.2, 0) is 0 Å². The highest BCUT2D eigenvalue weighted by atomic mass is 127. The van der Waals surface area contributed by atoms with Crippen LogP contribution in [0.3, 0.4) is 0 Å². The normalized spacial score (nSPS) is 14.4. The Morgan fingerprint density at radius 3 is 2.21 bits per heavy atom. The number of nitrogens with one attached hydrogen (secondary N) is 3. The molecule has 1 saturated carbocycles.